The van der Waals surface area contributed by atoms with E-state index in [2.05, 4.69) is 21.5 Å². The molecule has 4 heteroatoms. The van der Waals surface area contributed by atoms with Crippen LogP contribution in [0.15, 0.2) is 6.33 Å². The number of H-pyrrole nitrogens is 1. The summed E-state index contributed by atoms with van der Waals surface area (Å²) in [4.78, 5) is 7.71. The van der Waals surface area contributed by atoms with Gasteiger partial charge in [0.15, 0.2) is 0 Å². The number of hydrogen-bond donors (Lipinski definition) is 2. The van der Waals surface area contributed by atoms with Crippen molar-refractivity contribution in [2.75, 3.05) is 12.8 Å². The minimum atomic E-state index is 0.449. The Morgan fingerprint density at radius 3 is 3.14 bits per heavy atom. The Labute approximate surface area is 88.1 Å². The quantitative estimate of drug-likeness (QED) is 0.775. The highest BCUT2D eigenvalue weighted by Crippen LogP contribution is 2.56. The maximum atomic E-state index is 4.46. The zero-order valence-corrected chi connectivity index (χ0v) is 9.16. The molecular formula is C10H15N3S. The van der Waals surface area contributed by atoms with Crippen LogP contribution in [0.4, 0.5) is 0 Å². The van der Waals surface area contributed by atoms with Crippen molar-refractivity contribution in [3.63, 3.8) is 0 Å². The number of hydrogen-bond acceptors (Lipinski definition) is 3. The van der Waals surface area contributed by atoms with Gasteiger partial charge in [0.2, 0.25) is 0 Å². The van der Waals surface area contributed by atoms with Gasteiger partial charge in [0, 0.05) is 23.4 Å². The van der Waals surface area contributed by atoms with E-state index in [1.54, 1.807) is 0 Å². The van der Waals surface area contributed by atoms with Gasteiger partial charge in [-0.05, 0) is 19.1 Å². The van der Waals surface area contributed by atoms with Crippen molar-refractivity contribution < 1.29 is 0 Å². The molecular weight excluding hydrogens is 194 g/mol. The third-order valence-corrected chi connectivity index (χ3v) is 4.88. The van der Waals surface area contributed by atoms with Crippen LogP contribution in [-0.2, 0) is 6.42 Å². The summed E-state index contributed by atoms with van der Waals surface area (Å²) in [5, 5.41) is 3.61. The van der Waals surface area contributed by atoms with Crippen LogP contribution in [0.25, 0.3) is 0 Å². The molecule has 0 aromatic carbocycles. The summed E-state index contributed by atoms with van der Waals surface area (Å²) >= 11 is 2.00. The van der Waals surface area contributed by atoms with Crippen molar-refractivity contribution in [1.82, 2.24) is 15.3 Å². The molecule has 76 valence electrons. The highest BCUT2D eigenvalue weighted by atomic mass is 32.2. The van der Waals surface area contributed by atoms with Gasteiger partial charge in [-0.1, -0.05) is 0 Å². The molecule has 1 aliphatic heterocycles. The van der Waals surface area contributed by atoms with E-state index in [4.69, 9.17) is 0 Å². The lowest BCUT2D eigenvalue weighted by atomic mass is 10.0. The first kappa shape index (κ1) is 8.80. The van der Waals surface area contributed by atoms with Crippen molar-refractivity contribution in [3.8, 4) is 0 Å². The third kappa shape index (κ3) is 1.13. The average molecular weight is 209 g/mol. The summed E-state index contributed by atoms with van der Waals surface area (Å²) in [6.45, 7) is 1.09. The minimum Gasteiger partial charge on any atom is -0.348 e. The van der Waals surface area contributed by atoms with E-state index in [1.807, 2.05) is 18.1 Å². The predicted octanol–water partition coefficient (Wildman–Crippen LogP) is 1.49. The Bertz CT molecular complexity index is 343. The first-order valence-corrected chi connectivity index (χ1v) is 6.39. The summed E-state index contributed by atoms with van der Waals surface area (Å²) in [5.74, 6) is 0. The highest BCUT2D eigenvalue weighted by molar-refractivity contribution is 8.00. The summed E-state index contributed by atoms with van der Waals surface area (Å²) in [6, 6.07) is 0.479. The number of fused-ring (bicyclic) bond motifs is 1. The van der Waals surface area contributed by atoms with E-state index >= 15 is 0 Å². The van der Waals surface area contributed by atoms with E-state index in [-0.39, 0.29) is 0 Å². The monoisotopic (exact) mass is 209 g/mol. The lowest BCUT2D eigenvalue weighted by Crippen LogP contribution is -2.37. The van der Waals surface area contributed by atoms with Crippen LogP contribution in [0.1, 0.15) is 30.3 Å². The molecule has 1 aromatic rings. The average Bonchev–Trinajstić information content (AvgIpc) is 2.87. The Morgan fingerprint density at radius 2 is 2.43 bits per heavy atom. The van der Waals surface area contributed by atoms with Crippen molar-refractivity contribution in [3.05, 3.63) is 17.7 Å². The van der Waals surface area contributed by atoms with Crippen molar-refractivity contribution in [2.45, 2.75) is 30.1 Å². The molecule has 1 fully saturated rings. The SMILES string of the molecule is CSC1(C2NCCc3[nH]cnc32)CC1. The van der Waals surface area contributed by atoms with E-state index in [0.717, 1.165) is 13.0 Å². The number of nitrogens with one attached hydrogen (secondary N) is 2. The maximum absolute atomic E-state index is 4.46. The van der Waals surface area contributed by atoms with Gasteiger partial charge in [-0.25, -0.2) is 4.98 Å². The summed E-state index contributed by atoms with van der Waals surface area (Å²) in [6.07, 6.45) is 7.81. The molecule has 2 aliphatic rings. The lowest BCUT2D eigenvalue weighted by Gasteiger charge is -2.29. The molecule has 1 aliphatic carbocycles. The molecule has 1 unspecified atom stereocenters. The van der Waals surface area contributed by atoms with E-state index < -0.39 is 0 Å². The van der Waals surface area contributed by atoms with Crippen LogP contribution in [0.5, 0.6) is 0 Å². The Kier molecular flexibility index (Phi) is 1.89. The van der Waals surface area contributed by atoms with Crippen LogP contribution in [-0.4, -0.2) is 27.5 Å². The van der Waals surface area contributed by atoms with Crippen LogP contribution in [0.3, 0.4) is 0 Å². The molecule has 0 saturated heterocycles. The molecule has 14 heavy (non-hydrogen) atoms. The van der Waals surface area contributed by atoms with E-state index in [1.165, 1.54) is 24.2 Å². The molecule has 1 saturated carbocycles. The second-order valence-corrected chi connectivity index (χ2v) is 5.39. The first-order chi connectivity index (χ1) is 6.86. The fourth-order valence-corrected chi connectivity index (χ4v) is 3.33. The van der Waals surface area contributed by atoms with Gasteiger partial charge in [0.25, 0.3) is 0 Å². The second kappa shape index (κ2) is 3.00. The van der Waals surface area contributed by atoms with Gasteiger partial charge in [-0.3, -0.25) is 0 Å². The van der Waals surface area contributed by atoms with Gasteiger partial charge in [-0.2, -0.15) is 11.8 Å². The van der Waals surface area contributed by atoms with Crippen molar-refractivity contribution >= 4 is 11.8 Å². The molecule has 0 bridgehead atoms. The second-order valence-electron chi connectivity index (χ2n) is 4.17. The minimum absolute atomic E-state index is 0.449. The number of imidazole rings is 1. The molecule has 1 aromatic heterocycles. The summed E-state index contributed by atoms with van der Waals surface area (Å²) in [5.41, 5.74) is 2.61. The third-order valence-electron chi connectivity index (χ3n) is 3.42. The molecule has 1 atom stereocenters. The highest BCUT2D eigenvalue weighted by Gasteiger charge is 2.51. The smallest absolute Gasteiger partial charge is 0.0925 e. The number of rotatable bonds is 2. The Hall–Kier alpha value is -0.480. The molecule has 0 amide bonds. The first-order valence-electron chi connectivity index (χ1n) is 5.16. The van der Waals surface area contributed by atoms with E-state index in [0.29, 0.717) is 10.8 Å². The molecule has 2 heterocycles. The molecule has 0 radical (unpaired) electrons. The zero-order chi connectivity index (χ0) is 9.60. The van der Waals surface area contributed by atoms with Crippen LogP contribution < -0.4 is 5.32 Å². The molecule has 3 rings (SSSR count). The van der Waals surface area contributed by atoms with Crippen molar-refractivity contribution in [1.29, 1.82) is 0 Å². The number of aromatic nitrogens is 2. The fraction of sp³-hybridized carbons (Fsp3) is 0.700. The van der Waals surface area contributed by atoms with E-state index in [9.17, 15) is 0 Å². The topological polar surface area (TPSA) is 40.7 Å². The van der Waals surface area contributed by atoms with Crippen LogP contribution in [0, 0.1) is 0 Å². The number of nitrogens with zero attached hydrogens (tertiary/aromatic N) is 1. The summed E-state index contributed by atoms with van der Waals surface area (Å²) < 4.78 is 0.449. The van der Waals surface area contributed by atoms with Gasteiger partial charge >= 0.3 is 0 Å². The summed E-state index contributed by atoms with van der Waals surface area (Å²) in [7, 11) is 0. The normalized spacial score (nSPS) is 28.5. The van der Waals surface area contributed by atoms with Gasteiger partial charge < -0.3 is 10.3 Å². The van der Waals surface area contributed by atoms with Crippen LogP contribution >= 0.6 is 11.8 Å². The zero-order valence-electron chi connectivity index (χ0n) is 8.34. The molecule has 0 spiro atoms. The van der Waals surface area contributed by atoms with Gasteiger partial charge in [0.1, 0.15) is 0 Å². The Morgan fingerprint density at radius 1 is 1.57 bits per heavy atom. The Balaban J connectivity index is 1.96. The number of aromatic amines is 1. The molecule has 2 N–H and O–H groups in total. The number of thioether (sulfide) groups is 1. The maximum Gasteiger partial charge on any atom is 0.0925 e. The van der Waals surface area contributed by atoms with Gasteiger partial charge in [-0.15, -0.1) is 0 Å². The van der Waals surface area contributed by atoms with Gasteiger partial charge in [0.05, 0.1) is 18.1 Å². The van der Waals surface area contributed by atoms with Crippen LogP contribution in [0.2, 0.25) is 0 Å². The van der Waals surface area contributed by atoms with Crippen molar-refractivity contribution in [2.24, 2.45) is 0 Å². The molecule has 3 nitrogen and oxygen atoms in total. The standard InChI is InChI=1S/C10H15N3S/c1-14-10(3-4-10)9-8-7(2-5-11-9)12-6-13-8/h6,9,11H,2-5H2,1H3,(H,12,13). The largest absolute Gasteiger partial charge is 0.348 e. The lowest BCUT2D eigenvalue weighted by molar-refractivity contribution is 0.469. The predicted molar refractivity (Wildman–Crippen MR) is 58.5 cm³/mol. The fourth-order valence-electron chi connectivity index (χ4n) is 2.39.